The summed E-state index contributed by atoms with van der Waals surface area (Å²) < 4.78 is 0.741. The van der Waals surface area contributed by atoms with Gasteiger partial charge in [0, 0.05) is 22.4 Å². The topological polar surface area (TPSA) is 79.1 Å². The fraction of sp³-hybridized carbons (Fsp3) is 0. The third-order valence-electron chi connectivity index (χ3n) is 2.72. The second kappa shape index (κ2) is 4.47. The average molecular weight is 318 g/mol. The van der Waals surface area contributed by atoms with Gasteiger partial charge in [-0.05, 0) is 6.07 Å². The highest BCUT2D eigenvalue weighted by molar-refractivity contribution is 9.10. The molecule has 3 rings (SSSR count). The van der Waals surface area contributed by atoms with E-state index in [9.17, 15) is 10.2 Å². The van der Waals surface area contributed by atoms with Crippen LogP contribution in [0.3, 0.4) is 0 Å². The van der Waals surface area contributed by atoms with E-state index in [1.165, 1.54) is 12.4 Å². The first kappa shape index (κ1) is 11.9. The zero-order chi connectivity index (χ0) is 13.4. The van der Waals surface area contributed by atoms with Crippen LogP contribution in [-0.2, 0) is 0 Å². The Morgan fingerprint density at radius 3 is 2.53 bits per heavy atom. The molecule has 6 heteroatoms. The van der Waals surface area contributed by atoms with Gasteiger partial charge in [-0.25, -0.2) is 9.97 Å². The number of benzene rings is 1. The predicted molar refractivity (Wildman–Crippen MR) is 73.8 cm³/mol. The zero-order valence-electron chi connectivity index (χ0n) is 9.58. The Bertz CT molecular complexity index is 777. The molecule has 94 valence electrons. The molecule has 2 aromatic heterocycles. The lowest BCUT2D eigenvalue weighted by atomic mass is 10.1. The normalized spacial score (nSPS) is 10.8. The minimum absolute atomic E-state index is 0.137. The first-order valence-corrected chi connectivity index (χ1v) is 6.25. The Labute approximate surface area is 116 Å². The molecule has 3 aromatic rings. The lowest BCUT2D eigenvalue weighted by Gasteiger charge is -2.10. The van der Waals surface area contributed by atoms with E-state index in [4.69, 9.17) is 0 Å². The van der Waals surface area contributed by atoms with Crippen molar-refractivity contribution in [2.45, 2.75) is 0 Å². The molecule has 1 aromatic carbocycles. The summed E-state index contributed by atoms with van der Waals surface area (Å²) in [6.07, 6.45) is 2.91. The highest BCUT2D eigenvalue weighted by Crippen LogP contribution is 2.42. The van der Waals surface area contributed by atoms with Crippen LogP contribution >= 0.6 is 15.9 Å². The van der Waals surface area contributed by atoms with Crippen molar-refractivity contribution in [2.24, 2.45) is 0 Å². The van der Waals surface area contributed by atoms with Crippen molar-refractivity contribution in [1.82, 2.24) is 15.0 Å². The monoisotopic (exact) mass is 317 g/mol. The molecule has 0 amide bonds. The summed E-state index contributed by atoms with van der Waals surface area (Å²) in [5.74, 6) is -0.417. The van der Waals surface area contributed by atoms with Gasteiger partial charge < -0.3 is 10.2 Å². The highest BCUT2D eigenvalue weighted by Gasteiger charge is 2.18. The van der Waals surface area contributed by atoms with Crippen LogP contribution in [0, 0.1) is 0 Å². The maximum absolute atomic E-state index is 10.3. The second-order valence-corrected chi connectivity index (χ2v) is 4.72. The lowest BCUT2D eigenvalue weighted by Crippen LogP contribution is -1.92. The van der Waals surface area contributed by atoms with Gasteiger partial charge in [0.15, 0.2) is 16.9 Å². The van der Waals surface area contributed by atoms with Gasteiger partial charge in [0.05, 0.1) is 5.56 Å². The smallest absolute Gasteiger partial charge is 0.224 e. The standard InChI is InChI=1S/C13H8BrN3O2/c14-8-4-2-1-3-7(8)9-11(18)10-12(17-13(9)19)16-6-5-15-10/h1-6H,(H2,16,17,18,19). The molecule has 0 saturated heterocycles. The molecule has 0 fully saturated rings. The summed E-state index contributed by atoms with van der Waals surface area (Å²) >= 11 is 3.38. The molecule has 0 aliphatic heterocycles. The minimum Gasteiger partial charge on any atom is -0.505 e. The predicted octanol–water partition coefficient (Wildman–Crippen LogP) is 2.87. The number of hydrogen-bond acceptors (Lipinski definition) is 5. The number of rotatable bonds is 1. The maximum Gasteiger partial charge on any atom is 0.224 e. The Morgan fingerprint density at radius 2 is 1.74 bits per heavy atom. The van der Waals surface area contributed by atoms with E-state index < -0.39 is 0 Å². The van der Waals surface area contributed by atoms with Crippen LogP contribution in [0.4, 0.5) is 0 Å². The van der Waals surface area contributed by atoms with E-state index in [1.54, 1.807) is 12.1 Å². The third-order valence-corrected chi connectivity index (χ3v) is 3.41. The second-order valence-electron chi connectivity index (χ2n) is 3.87. The van der Waals surface area contributed by atoms with Crippen molar-refractivity contribution in [3.05, 3.63) is 41.1 Å². The number of pyridine rings is 1. The fourth-order valence-corrected chi connectivity index (χ4v) is 2.36. The van der Waals surface area contributed by atoms with E-state index >= 15 is 0 Å². The van der Waals surface area contributed by atoms with Crippen LogP contribution in [0.1, 0.15) is 0 Å². The molecular weight excluding hydrogens is 310 g/mol. The van der Waals surface area contributed by atoms with Gasteiger partial charge in [-0.15, -0.1) is 0 Å². The van der Waals surface area contributed by atoms with Crippen LogP contribution in [0.5, 0.6) is 11.6 Å². The van der Waals surface area contributed by atoms with E-state index in [0.29, 0.717) is 5.56 Å². The Morgan fingerprint density at radius 1 is 1.00 bits per heavy atom. The molecule has 19 heavy (non-hydrogen) atoms. The quantitative estimate of drug-likeness (QED) is 0.721. The van der Waals surface area contributed by atoms with Gasteiger partial charge in [-0.1, -0.05) is 34.1 Å². The summed E-state index contributed by atoms with van der Waals surface area (Å²) in [5, 5.41) is 20.3. The first-order chi connectivity index (χ1) is 9.18. The third kappa shape index (κ3) is 1.90. The Balaban J connectivity index is 2.39. The molecule has 0 spiro atoms. The summed E-state index contributed by atoms with van der Waals surface area (Å²) in [6.45, 7) is 0. The van der Waals surface area contributed by atoms with Crippen LogP contribution in [0.15, 0.2) is 41.1 Å². The van der Waals surface area contributed by atoms with Crippen molar-refractivity contribution >= 4 is 27.1 Å². The zero-order valence-corrected chi connectivity index (χ0v) is 11.2. The molecule has 2 heterocycles. The lowest BCUT2D eigenvalue weighted by molar-refractivity contribution is 0.443. The number of halogens is 1. The molecule has 2 N–H and O–H groups in total. The van der Waals surface area contributed by atoms with E-state index in [0.717, 1.165) is 4.47 Å². The SMILES string of the molecule is Oc1nc2nccnc2c(O)c1-c1ccccc1Br. The Kier molecular flexibility index (Phi) is 2.79. The van der Waals surface area contributed by atoms with Gasteiger partial charge in [-0.2, -0.15) is 4.98 Å². The summed E-state index contributed by atoms with van der Waals surface area (Å²) in [4.78, 5) is 11.9. The summed E-state index contributed by atoms with van der Waals surface area (Å²) in [6, 6.07) is 7.23. The largest absolute Gasteiger partial charge is 0.505 e. The van der Waals surface area contributed by atoms with Crippen molar-refractivity contribution in [1.29, 1.82) is 0 Å². The molecule has 0 radical (unpaired) electrons. The van der Waals surface area contributed by atoms with Crippen molar-refractivity contribution in [3.63, 3.8) is 0 Å². The van der Waals surface area contributed by atoms with Crippen LogP contribution in [0.2, 0.25) is 0 Å². The summed E-state index contributed by atoms with van der Waals surface area (Å²) in [5.41, 5.74) is 1.33. The first-order valence-electron chi connectivity index (χ1n) is 5.46. The number of aromatic hydroxyl groups is 2. The van der Waals surface area contributed by atoms with Crippen LogP contribution in [0.25, 0.3) is 22.3 Å². The fourth-order valence-electron chi connectivity index (χ4n) is 1.87. The molecule has 0 unspecified atom stereocenters. The van der Waals surface area contributed by atoms with Crippen molar-refractivity contribution in [2.75, 3.05) is 0 Å². The van der Waals surface area contributed by atoms with Gasteiger partial charge >= 0.3 is 0 Å². The molecule has 0 bridgehead atoms. The molecule has 0 saturated carbocycles. The van der Waals surface area contributed by atoms with Crippen molar-refractivity contribution in [3.8, 4) is 22.8 Å². The van der Waals surface area contributed by atoms with Gasteiger partial charge in [0.25, 0.3) is 0 Å². The average Bonchev–Trinajstić information content (AvgIpc) is 2.41. The van der Waals surface area contributed by atoms with Gasteiger partial charge in [-0.3, -0.25) is 0 Å². The number of fused-ring (bicyclic) bond motifs is 1. The van der Waals surface area contributed by atoms with Crippen LogP contribution < -0.4 is 0 Å². The molecule has 0 atom stereocenters. The van der Waals surface area contributed by atoms with E-state index in [-0.39, 0.29) is 28.4 Å². The maximum atomic E-state index is 10.3. The van der Waals surface area contributed by atoms with E-state index in [2.05, 4.69) is 30.9 Å². The number of hydrogen-bond donors (Lipinski definition) is 2. The van der Waals surface area contributed by atoms with Crippen LogP contribution in [-0.4, -0.2) is 25.2 Å². The minimum atomic E-state index is -0.280. The Hall–Kier alpha value is -2.21. The van der Waals surface area contributed by atoms with Gasteiger partial charge in [0.2, 0.25) is 5.88 Å². The van der Waals surface area contributed by atoms with E-state index in [1.807, 2.05) is 12.1 Å². The van der Waals surface area contributed by atoms with Gasteiger partial charge in [0.1, 0.15) is 0 Å². The molecule has 5 nitrogen and oxygen atoms in total. The number of nitrogens with zero attached hydrogens (tertiary/aromatic N) is 3. The summed E-state index contributed by atoms with van der Waals surface area (Å²) in [7, 11) is 0. The highest BCUT2D eigenvalue weighted by atomic mass is 79.9. The number of aromatic nitrogens is 3. The molecule has 0 aliphatic rings. The molecule has 0 aliphatic carbocycles. The molecular formula is C13H8BrN3O2. The van der Waals surface area contributed by atoms with Crippen molar-refractivity contribution < 1.29 is 10.2 Å².